The van der Waals surface area contributed by atoms with E-state index < -0.39 is 0 Å². The van der Waals surface area contributed by atoms with Crippen LogP contribution in [0.25, 0.3) is 11.4 Å². The normalized spacial score (nSPS) is 14.6. The van der Waals surface area contributed by atoms with Crippen molar-refractivity contribution in [1.29, 1.82) is 0 Å². The lowest BCUT2D eigenvalue weighted by Gasteiger charge is -2.33. The highest BCUT2D eigenvalue weighted by Crippen LogP contribution is 2.20. The van der Waals surface area contributed by atoms with E-state index in [1.807, 2.05) is 59.5 Å². The Balaban J connectivity index is 1.28. The monoisotopic (exact) mass is 393 g/mol. The maximum absolute atomic E-state index is 12.4. The van der Waals surface area contributed by atoms with Gasteiger partial charge in [0, 0.05) is 37.4 Å². The molecule has 150 valence electrons. The molecule has 2 heterocycles. The van der Waals surface area contributed by atoms with Gasteiger partial charge in [0.2, 0.25) is 11.7 Å². The number of methoxy groups -OCH3 is 1. The van der Waals surface area contributed by atoms with Crippen LogP contribution in [-0.2, 0) is 6.54 Å². The van der Waals surface area contributed by atoms with Crippen LogP contribution < -0.4 is 10.1 Å². The van der Waals surface area contributed by atoms with Crippen LogP contribution in [0.15, 0.2) is 59.1 Å². The van der Waals surface area contributed by atoms with Gasteiger partial charge in [0.15, 0.2) is 0 Å². The van der Waals surface area contributed by atoms with Crippen molar-refractivity contribution in [3.8, 4) is 17.1 Å². The number of nitrogens with one attached hydrogen (secondary N) is 1. The zero-order valence-corrected chi connectivity index (χ0v) is 16.2. The first-order valence-electron chi connectivity index (χ1n) is 9.51. The van der Waals surface area contributed by atoms with E-state index >= 15 is 0 Å². The standard InChI is InChI=1S/C21H23N5O3/c1-28-18-9-7-16(8-10-18)20-23-19(29-24-20)15-25-11-13-26(14-12-25)21(27)22-17-5-3-2-4-6-17/h2-10H,11-15H2,1H3,(H,22,27). The SMILES string of the molecule is COc1ccc(-c2noc(CN3CCN(C(=O)Nc4ccccc4)CC3)n2)cc1. The third-order valence-corrected chi connectivity index (χ3v) is 4.86. The number of amides is 2. The smallest absolute Gasteiger partial charge is 0.321 e. The molecule has 0 unspecified atom stereocenters. The number of piperazine rings is 1. The fourth-order valence-electron chi connectivity index (χ4n) is 3.20. The van der Waals surface area contributed by atoms with Crippen molar-refractivity contribution in [2.75, 3.05) is 38.6 Å². The van der Waals surface area contributed by atoms with Gasteiger partial charge in [-0.05, 0) is 36.4 Å². The van der Waals surface area contributed by atoms with Gasteiger partial charge in [-0.1, -0.05) is 23.4 Å². The fraction of sp³-hybridized carbons (Fsp3) is 0.286. The molecule has 2 aromatic carbocycles. The van der Waals surface area contributed by atoms with Crippen molar-refractivity contribution in [3.05, 3.63) is 60.5 Å². The molecule has 1 saturated heterocycles. The van der Waals surface area contributed by atoms with Gasteiger partial charge in [-0.15, -0.1) is 0 Å². The van der Waals surface area contributed by atoms with E-state index in [1.165, 1.54) is 0 Å². The maximum atomic E-state index is 12.4. The largest absolute Gasteiger partial charge is 0.497 e. The minimum Gasteiger partial charge on any atom is -0.497 e. The summed E-state index contributed by atoms with van der Waals surface area (Å²) in [6, 6.07) is 16.9. The number of urea groups is 1. The maximum Gasteiger partial charge on any atom is 0.321 e. The molecular formula is C21H23N5O3. The summed E-state index contributed by atoms with van der Waals surface area (Å²) in [5.74, 6) is 1.91. The Bertz CT molecular complexity index is 934. The Hall–Kier alpha value is -3.39. The Labute approximate surface area is 169 Å². The van der Waals surface area contributed by atoms with Gasteiger partial charge < -0.3 is 19.5 Å². The van der Waals surface area contributed by atoms with Crippen LogP contribution in [0.4, 0.5) is 10.5 Å². The molecule has 3 aromatic rings. The number of benzene rings is 2. The van der Waals surface area contributed by atoms with Gasteiger partial charge in [0.25, 0.3) is 0 Å². The van der Waals surface area contributed by atoms with Crippen LogP contribution in [0.3, 0.4) is 0 Å². The highest BCUT2D eigenvalue weighted by Gasteiger charge is 2.22. The Morgan fingerprint density at radius 3 is 2.48 bits per heavy atom. The molecule has 8 nitrogen and oxygen atoms in total. The zero-order chi connectivity index (χ0) is 20.1. The lowest BCUT2D eigenvalue weighted by atomic mass is 10.2. The number of nitrogens with zero attached hydrogens (tertiary/aromatic N) is 4. The predicted molar refractivity (Wildman–Crippen MR) is 109 cm³/mol. The summed E-state index contributed by atoms with van der Waals surface area (Å²) in [6.07, 6.45) is 0. The number of para-hydroxylation sites is 1. The molecule has 0 radical (unpaired) electrons. The molecule has 1 aliphatic heterocycles. The second-order valence-electron chi connectivity index (χ2n) is 6.80. The van der Waals surface area contributed by atoms with Gasteiger partial charge in [0.1, 0.15) is 5.75 Å². The highest BCUT2D eigenvalue weighted by atomic mass is 16.5. The van der Waals surface area contributed by atoms with Gasteiger partial charge in [-0.3, -0.25) is 4.90 Å². The molecule has 1 aliphatic rings. The first kappa shape index (κ1) is 18.9. The molecule has 0 bridgehead atoms. The summed E-state index contributed by atoms with van der Waals surface area (Å²) in [7, 11) is 1.63. The zero-order valence-electron chi connectivity index (χ0n) is 16.2. The van der Waals surface area contributed by atoms with E-state index in [0.29, 0.717) is 31.3 Å². The van der Waals surface area contributed by atoms with E-state index in [9.17, 15) is 4.79 Å². The highest BCUT2D eigenvalue weighted by molar-refractivity contribution is 5.89. The summed E-state index contributed by atoms with van der Waals surface area (Å²) in [6.45, 7) is 3.37. The second kappa shape index (κ2) is 8.74. The van der Waals surface area contributed by atoms with E-state index in [-0.39, 0.29) is 6.03 Å². The number of hydrogen-bond donors (Lipinski definition) is 1. The van der Waals surface area contributed by atoms with Crippen molar-refractivity contribution in [2.24, 2.45) is 0 Å². The molecule has 0 spiro atoms. The minimum absolute atomic E-state index is 0.0737. The van der Waals surface area contributed by atoms with Crippen LogP contribution in [0.5, 0.6) is 5.75 Å². The van der Waals surface area contributed by atoms with E-state index in [2.05, 4.69) is 20.4 Å². The topological polar surface area (TPSA) is 83.7 Å². The molecule has 8 heteroatoms. The fourth-order valence-corrected chi connectivity index (χ4v) is 3.20. The Morgan fingerprint density at radius 1 is 1.07 bits per heavy atom. The summed E-state index contributed by atoms with van der Waals surface area (Å²) < 4.78 is 10.6. The minimum atomic E-state index is -0.0737. The number of ether oxygens (including phenoxy) is 1. The summed E-state index contributed by atoms with van der Waals surface area (Å²) in [5, 5.41) is 6.99. The first-order chi connectivity index (χ1) is 14.2. The number of aromatic nitrogens is 2. The summed E-state index contributed by atoms with van der Waals surface area (Å²) in [5.41, 5.74) is 1.68. The first-order valence-corrected chi connectivity index (χ1v) is 9.51. The van der Waals surface area contributed by atoms with E-state index in [1.54, 1.807) is 7.11 Å². The molecule has 29 heavy (non-hydrogen) atoms. The Morgan fingerprint density at radius 2 is 1.79 bits per heavy atom. The number of hydrogen-bond acceptors (Lipinski definition) is 6. The van der Waals surface area contributed by atoms with Crippen molar-refractivity contribution >= 4 is 11.7 Å². The third-order valence-electron chi connectivity index (χ3n) is 4.86. The van der Waals surface area contributed by atoms with Gasteiger partial charge in [0.05, 0.1) is 13.7 Å². The van der Waals surface area contributed by atoms with Crippen molar-refractivity contribution in [3.63, 3.8) is 0 Å². The molecule has 1 fully saturated rings. The number of carbonyl (C=O) groups excluding carboxylic acids is 1. The van der Waals surface area contributed by atoms with E-state index in [4.69, 9.17) is 9.26 Å². The average Bonchev–Trinajstić information content (AvgIpc) is 3.23. The molecule has 0 aliphatic carbocycles. The molecular weight excluding hydrogens is 370 g/mol. The van der Waals surface area contributed by atoms with Crippen LogP contribution in [-0.4, -0.2) is 59.3 Å². The van der Waals surface area contributed by atoms with Crippen molar-refractivity contribution in [2.45, 2.75) is 6.54 Å². The average molecular weight is 393 g/mol. The molecule has 0 saturated carbocycles. The van der Waals surface area contributed by atoms with E-state index in [0.717, 1.165) is 30.1 Å². The lowest BCUT2D eigenvalue weighted by Crippen LogP contribution is -2.49. The quantitative estimate of drug-likeness (QED) is 0.717. The molecule has 2 amide bonds. The van der Waals surface area contributed by atoms with Gasteiger partial charge in [-0.25, -0.2) is 4.79 Å². The molecule has 1 N–H and O–H groups in total. The van der Waals surface area contributed by atoms with Crippen LogP contribution in [0, 0.1) is 0 Å². The van der Waals surface area contributed by atoms with Gasteiger partial charge >= 0.3 is 6.03 Å². The predicted octanol–water partition coefficient (Wildman–Crippen LogP) is 3.09. The number of anilines is 1. The van der Waals surface area contributed by atoms with Crippen molar-refractivity contribution in [1.82, 2.24) is 19.9 Å². The Kier molecular flexibility index (Phi) is 5.71. The van der Waals surface area contributed by atoms with Crippen LogP contribution in [0.1, 0.15) is 5.89 Å². The molecule has 4 rings (SSSR count). The summed E-state index contributed by atoms with van der Waals surface area (Å²) >= 11 is 0. The number of rotatable bonds is 5. The summed E-state index contributed by atoms with van der Waals surface area (Å²) in [4.78, 5) is 20.9. The van der Waals surface area contributed by atoms with Crippen molar-refractivity contribution < 1.29 is 14.1 Å². The van der Waals surface area contributed by atoms with Gasteiger partial charge in [-0.2, -0.15) is 4.98 Å². The second-order valence-corrected chi connectivity index (χ2v) is 6.80. The molecule has 0 atom stereocenters. The molecule has 1 aromatic heterocycles. The van der Waals surface area contributed by atoms with Crippen LogP contribution >= 0.6 is 0 Å². The third kappa shape index (κ3) is 4.72. The number of carbonyl (C=O) groups is 1. The van der Waals surface area contributed by atoms with Crippen LogP contribution in [0.2, 0.25) is 0 Å². The lowest BCUT2D eigenvalue weighted by molar-refractivity contribution is 0.133.